The van der Waals surface area contributed by atoms with Crippen molar-refractivity contribution in [1.29, 1.82) is 0 Å². The lowest BCUT2D eigenvalue weighted by molar-refractivity contribution is 0.0693. The molecule has 2 heterocycles. The van der Waals surface area contributed by atoms with Gasteiger partial charge in [0.05, 0.1) is 17.6 Å². The molecule has 0 bridgehead atoms. The van der Waals surface area contributed by atoms with Gasteiger partial charge in [0.2, 0.25) is 0 Å². The van der Waals surface area contributed by atoms with E-state index < -0.39 is 5.97 Å². The van der Waals surface area contributed by atoms with Crippen LogP contribution in [0.4, 0.5) is 0 Å². The molecule has 2 aromatic heterocycles. The predicted molar refractivity (Wildman–Crippen MR) is 59.5 cm³/mol. The Morgan fingerprint density at radius 3 is 3.06 bits per heavy atom. The van der Waals surface area contributed by atoms with E-state index in [0.29, 0.717) is 10.6 Å². The monoisotopic (exact) mass is 235 g/mol. The lowest BCUT2D eigenvalue weighted by Gasteiger charge is -2.02. The number of carboxylic acid groups (broad SMARTS) is 1. The molecule has 0 atom stereocenters. The van der Waals surface area contributed by atoms with Gasteiger partial charge in [-0.25, -0.2) is 4.79 Å². The maximum absolute atomic E-state index is 10.9. The zero-order valence-electron chi connectivity index (χ0n) is 8.29. The maximum Gasteiger partial charge on any atom is 0.336 e. The fourth-order valence-electron chi connectivity index (χ4n) is 1.22. The van der Waals surface area contributed by atoms with Crippen LogP contribution in [0.15, 0.2) is 46.2 Å². The molecule has 0 amide bonds. The maximum atomic E-state index is 10.9. The highest BCUT2D eigenvalue weighted by Gasteiger charge is 2.10. The first kappa shape index (κ1) is 10.8. The molecule has 0 aliphatic rings. The lowest BCUT2D eigenvalue weighted by Crippen LogP contribution is -1.99. The number of thioether (sulfide) groups is 1. The molecule has 0 spiro atoms. The Morgan fingerprint density at radius 1 is 1.50 bits per heavy atom. The van der Waals surface area contributed by atoms with Crippen LogP contribution in [0.1, 0.15) is 16.1 Å². The topological polar surface area (TPSA) is 63.3 Å². The SMILES string of the molecule is O=C(O)c1ccncc1SCc1ccco1. The summed E-state index contributed by atoms with van der Waals surface area (Å²) in [5.74, 6) is 0.466. The van der Waals surface area contributed by atoms with E-state index in [4.69, 9.17) is 9.52 Å². The van der Waals surface area contributed by atoms with E-state index >= 15 is 0 Å². The van der Waals surface area contributed by atoms with Crippen LogP contribution in [0.25, 0.3) is 0 Å². The Labute approximate surface area is 96.3 Å². The molecule has 0 aromatic carbocycles. The summed E-state index contributed by atoms with van der Waals surface area (Å²) in [6.45, 7) is 0. The third-order valence-corrected chi connectivity index (χ3v) is 3.03. The fraction of sp³-hybridized carbons (Fsp3) is 0.0909. The van der Waals surface area contributed by atoms with Crippen molar-refractivity contribution in [3.8, 4) is 0 Å². The number of pyridine rings is 1. The second kappa shape index (κ2) is 4.85. The Kier molecular flexibility index (Phi) is 3.26. The van der Waals surface area contributed by atoms with Gasteiger partial charge in [0.1, 0.15) is 5.76 Å². The van der Waals surface area contributed by atoms with Gasteiger partial charge in [-0.3, -0.25) is 4.98 Å². The van der Waals surface area contributed by atoms with Crippen LogP contribution < -0.4 is 0 Å². The second-order valence-corrected chi connectivity index (χ2v) is 4.06. The predicted octanol–water partition coefficient (Wildman–Crippen LogP) is 2.67. The molecule has 1 N–H and O–H groups in total. The molecule has 0 aliphatic heterocycles. The highest BCUT2D eigenvalue weighted by molar-refractivity contribution is 7.98. The van der Waals surface area contributed by atoms with Crippen LogP contribution >= 0.6 is 11.8 Å². The van der Waals surface area contributed by atoms with Crippen molar-refractivity contribution in [2.24, 2.45) is 0 Å². The van der Waals surface area contributed by atoms with Gasteiger partial charge in [-0.1, -0.05) is 0 Å². The Balaban J connectivity index is 2.12. The molecule has 0 fully saturated rings. The highest BCUT2D eigenvalue weighted by Crippen LogP contribution is 2.25. The van der Waals surface area contributed by atoms with E-state index in [9.17, 15) is 4.79 Å². The molecule has 82 valence electrons. The number of nitrogens with zero attached hydrogens (tertiary/aromatic N) is 1. The standard InChI is InChI=1S/C11H9NO3S/c13-11(14)9-3-4-12-6-10(9)16-7-8-2-1-5-15-8/h1-6H,7H2,(H,13,14). The Hall–Kier alpha value is -1.75. The molecule has 4 nitrogen and oxygen atoms in total. The van der Waals surface area contributed by atoms with Gasteiger partial charge in [0.15, 0.2) is 0 Å². The molecule has 0 aliphatic carbocycles. The first-order chi connectivity index (χ1) is 7.77. The van der Waals surface area contributed by atoms with E-state index in [2.05, 4.69) is 4.98 Å². The lowest BCUT2D eigenvalue weighted by atomic mass is 10.3. The van der Waals surface area contributed by atoms with Crippen molar-refractivity contribution >= 4 is 17.7 Å². The largest absolute Gasteiger partial charge is 0.478 e. The quantitative estimate of drug-likeness (QED) is 0.825. The molecule has 0 saturated carbocycles. The Bertz CT molecular complexity index is 482. The zero-order valence-corrected chi connectivity index (χ0v) is 9.11. The van der Waals surface area contributed by atoms with Gasteiger partial charge in [-0.2, -0.15) is 0 Å². The van der Waals surface area contributed by atoms with E-state index in [1.165, 1.54) is 24.0 Å². The number of carbonyl (C=O) groups is 1. The molecule has 0 radical (unpaired) electrons. The van der Waals surface area contributed by atoms with Crippen LogP contribution in [0.3, 0.4) is 0 Å². The van der Waals surface area contributed by atoms with E-state index in [-0.39, 0.29) is 5.56 Å². The molecule has 2 rings (SSSR count). The summed E-state index contributed by atoms with van der Waals surface area (Å²) in [7, 11) is 0. The average Bonchev–Trinajstić information content (AvgIpc) is 2.79. The summed E-state index contributed by atoms with van der Waals surface area (Å²) in [6.07, 6.45) is 4.62. The Morgan fingerprint density at radius 2 is 2.38 bits per heavy atom. The van der Waals surface area contributed by atoms with Crippen molar-refractivity contribution < 1.29 is 14.3 Å². The second-order valence-electron chi connectivity index (χ2n) is 3.05. The summed E-state index contributed by atoms with van der Waals surface area (Å²) in [6, 6.07) is 5.15. The minimum Gasteiger partial charge on any atom is -0.478 e. The normalized spacial score (nSPS) is 10.2. The van der Waals surface area contributed by atoms with Crippen LogP contribution in [0.2, 0.25) is 0 Å². The zero-order chi connectivity index (χ0) is 11.4. The van der Waals surface area contributed by atoms with Crippen LogP contribution in [0, 0.1) is 0 Å². The summed E-state index contributed by atoms with van der Waals surface area (Å²) in [5.41, 5.74) is 0.270. The van der Waals surface area contributed by atoms with E-state index in [1.54, 1.807) is 18.5 Å². The molecular weight excluding hydrogens is 226 g/mol. The summed E-state index contributed by atoms with van der Waals surface area (Å²) < 4.78 is 5.17. The minimum absolute atomic E-state index is 0.270. The van der Waals surface area contributed by atoms with Crippen molar-refractivity contribution in [1.82, 2.24) is 4.98 Å². The fourth-order valence-corrected chi connectivity index (χ4v) is 2.12. The van der Waals surface area contributed by atoms with Gasteiger partial charge >= 0.3 is 5.97 Å². The molecule has 0 saturated heterocycles. The third kappa shape index (κ3) is 2.43. The molecule has 0 unspecified atom stereocenters. The van der Waals surface area contributed by atoms with Crippen LogP contribution in [0.5, 0.6) is 0 Å². The van der Waals surface area contributed by atoms with Crippen molar-refractivity contribution in [3.05, 3.63) is 48.2 Å². The number of aromatic nitrogens is 1. The highest BCUT2D eigenvalue weighted by atomic mass is 32.2. The first-order valence-electron chi connectivity index (χ1n) is 4.60. The molecule has 16 heavy (non-hydrogen) atoms. The number of hydrogen-bond donors (Lipinski definition) is 1. The number of aromatic carboxylic acids is 1. The summed E-state index contributed by atoms with van der Waals surface area (Å²) >= 11 is 1.40. The summed E-state index contributed by atoms with van der Waals surface area (Å²) in [5, 5.41) is 8.96. The van der Waals surface area contributed by atoms with Crippen LogP contribution in [-0.2, 0) is 5.75 Å². The van der Waals surface area contributed by atoms with E-state index in [0.717, 1.165) is 5.76 Å². The number of rotatable bonds is 4. The molecule has 2 aromatic rings. The summed E-state index contributed by atoms with van der Waals surface area (Å²) in [4.78, 5) is 15.5. The van der Waals surface area contributed by atoms with Crippen LogP contribution in [-0.4, -0.2) is 16.1 Å². The number of furan rings is 1. The molecular formula is C11H9NO3S. The van der Waals surface area contributed by atoms with Crippen molar-refractivity contribution in [2.45, 2.75) is 10.6 Å². The minimum atomic E-state index is -0.940. The van der Waals surface area contributed by atoms with Crippen molar-refractivity contribution in [2.75, 3.05) is 0 Å². The van der Waals surface area contributed by atoms with Crippen molar-refractivity contribution in [3.63, 3.8) is 0 Å². The average molecular weight is 235 g/mol. The van der Waals surface area contributed by atoms with Gasteiger partial charge in [-0.05, 0) is 18.2 Å². The van der Waals surface area contributed by atoms with E-state index in [1.807, 2.05) is 6.07 Å². The van der Waals surface area contributed by atoms with Gasteiger partial charge in [0, 0.05) is 17.3 Å². The van der Waals surface area contributed by atoms with Gasteiger partial charge in [-0.15, -0.1) is 11.8 Å². The van der Waals surface area contributed by atoms with Gasteiger partial charge < -0.3 is 9.52 Å². The smallest absolute Gasteiger partial charge is 0.336 e. The number of carboxylic acids is 1. The first-order valence-corrected chi connectivity index (χ1v) is 5.58. The number of hydrogen-bond acceptors (Lipinski definition) is 4. The van der Waals surface area contributed by atoms with Gasteiger partial charge in [0.25, 0.3) is 0 Å². The molecule has 5 heteroatoms. The third-order valence-electron chi connectivity index (χ3n) is 1.96.